The van der Waals surface area contributed by atoms with Crippen LogP contribution in [0.3, 0.4) is 0 Å². The van der Waals surface area contributed by atoms with Crippen LogP contribution >= 0.6 is 0 Å². The lowest BCUT2D eigenvalue weighted by Crippen LogP contribution is -2.44. The van der Waals surface area contributed by atoms with Crippen LogP contribution in [0.4, 0.5) is 9.18 Å². The summed E-state index contributed by atoms with van der Waals surface area (Å²) in [6.45, 7) is 2.64. The van der Waals surface area contributed by atoms with Crippen LogP contribution in [0.15, 0.2) is 0 Å². The van der Waals surface area contributed by atoms with Crippen molar-refractivity contribution < 1.29 is 13.9 Å². The van der Waals surface area contributed by atoms with Crippen LogP contribution in [0.1, 0.15) is 13.3 Å². The molecule has 0 radical (unpaired) electrons. The van der Waals surface area contributed by atoms with Crippen molar-refractivity contribution in [1.82, 2.24) is 4.90 Å². The molecule has 2 atom stereocenters. The Morgan fingerprint density at radius 1 is 1.67 bits per heavy atom. The second-order valence-corrected chi connectivity index (χ2v) is 3.20. The maximum absolute atomic E-state index is 13.1. The Morgan fingerprint density at radius 2 is 2.33 bits per heavy atom. The normalized spacial score (nSPS) is 30.1. The molecule has 0 bridgehead atoms. The van der Waals surface area contributed by atoms with Gasteiger partial charge in [-0.3, -0.25) is 0 Å². The number of nitrogens with zero attached hydrogens (tertiary/aromatic N) is 1. The summed E-state index contributed by atoms with van der Waals surface area (Å²) in [5.41, 5.74) is 0. The van der Waals surface area contributed by atoms with Crippen LogP contribution in [0, 0.1) is 5.92 Å². The summed E-state index contributed by atoms with van der Waals surface area (Å²) in [5, 5.41) is 0. The average molecular weight is 175 g/mol. The van der Waals surface area contributed by atoms with Gasteiger partial charge in [0.15, 0.2) is 0 Å². The van der Waals surface area contributed by atoms with Gasteiger partial charge in [0.05, 0.1) is 13.7 Å². The van der Waals surface area contributed by atoms with Crippen molar-refractivity contribution in [2.24, 2.45) is 5.92 Å². The lowest BCUT2D eigenvalue weighted by Gasteiger charge is -2.31. The van der Waals surface area contributed by atoms with E-state index in [1.54, 1.807) is 0 Å². The molecule has 1 aliphatic rings. The summed E-state index contributed by atoms with van der Waals surface area (Å²) in [5.74, 6) is 0.0610. The third-order valence-corrected chi connectivity index (χ3v) is 2.30. The molecule has 4 heteroatoms. The molecule has 0 aliphatic carbocycles. The number of carbonyl (C=O) groups is 1. The highest BCUT2D eigenvalue weighted by Gasteiger charge is 2.28. The van der Waals surface area contributed by atoms with E-state index in [-0.39, 0.29) is 12.5 Å². The number of amides is 1. The molecule has 0 spiro atoms. The van der Waals surface area contributed by atoms with E-state index in [2.05, 4.69) is 4.74 Å². The van der Waals surface area contributed by atoms with Gasteiger partial charge in [0.25, 0.3) is 0 Å². The SMILES string of the molecule is COC(=O)N1CCC(C)[C@@H](F)C1. The summed E-state index contributed by atoms with van der Waals surface area (Å²) in [6.07, 6.45) is -0.613. The first kappa shape index (κ1) is 9.29. The van der Waals surface area contributed by atoms with E-state index < -0.39 is 12.3 Å². The highest BCUT2D eigenvalue weighted by atomic mass is 19.1. The van der Waals surface area contributed by atoms with Crippen LogP contribution in [0.25, 0.3) is 0 Å². The highest BCUT2D eigenvalue weighted by molar-refractivity contribution is 5.67. The van der Waals surface area contributed by atoms with E-state index in [1.165, 1.54) is 12.0 Å². The van der Waals surface area contributed by atoms with Gasteiger partial charge in [0, 0.05) is 6.54 Å². The molecule has 70 valence electrons. The molecule has 1 rings (SSSR count). The summed E-state index contributed by atoms with van der Waals surface area (Å²) in [4.78, 5) is 12.4. The van der Waals surface area contributed by atoms with E-state index in [0.29, 0.717) is 6.54 Å². The number of likely N-dealkylation sites (tertiary alicyclic amines) is 1. The summed E-state index contributed by atoms with van der Waals surface area (Å²) in [7, 11) is 1.31. The molecule has 1 unspecified atom stereocenters. The van der Waals surface area contributed by atoms with Crippen molar-refractivity contribution in [3.05, 3.63) is 0 Å². The molecule has 0 saturated carbocycles. The first-order chi connectivity index (χ1) is 5.65. The van der Waals surface area contributed by atoms with Crippen molar-refractivity contribution in [2.75, 3.05) is 20.2 Å². The van der Waals surface area contributed by atoms with E-state index >= 15 is 0 Å². The smallest absolute Gasteiger partial charge is 0.409 e. The van der Waals surface area contributed by atoms with Crippen molar-refractivity contribution in [3.8, 4) is 0 Å². The number of hydrogen-bond donors (Lipinski definition) is 0. The number of ether oxygens (including phenoxy) is 1. The lowest BCUT2D eigenvalue weighted by molar-refractivity contribution is 0.0709. The van der Waals surface area contributed by atoms with Crippen molar-refractivity contribution in [1.29, 1.82) is 0 Å². The molecule has 0 N–H and O–H groups in total. The topological polar surface area (TPSA) is 29.5 Å². The van der Waals surface area contributed by atoms with Gasteiger partial charge in [-0.2, -0.15) is 0 Å². The first-order valence-corrected chi connectivity index (χ1v) is 4.12. The van der Waals surface area contributed by atoms with Crippen LogP contribution in [-0.4, -0.2) is 37.4 Å². The van der Waals surface area contributed by atoms with E-state index in [4.69, 9.17) is 0 Å². The Morgan fingerprint density at radius 3 is 2.83 bits per heavy atom. The van der Waals surface area contributed by atoms with Crippen molar-refractivity contribution in [3.63, 3.8) is 0 Å². The van der Waals surface area contributed by atoms with Gasteiger partial charge in [0.1, 0.15) is 6.17 Å². The maximum atomic E-state index is 13.1. The van der Waals surface area contributed by atoms with Gasteiger partial charge in [-0.15, -0.1) is 0 Å². The molecular weight excluding hydrogens is 161 g/mol. The first-order valence-electron chi connectivity index (χ1n) is 4.12. The Kier molecular flexibility index (Phi) is 2.89. The molecule has 12 heavy (non-hydrogen) atoms. The molecule has 1 saturated heterocycles. The van der Waals surface area contributed by atoms with Gasteiger partial charge in [-0.25, -0.2) is 9.18 Å². The molecule has 0 aromatic carbocycles. The van der Waals surface area contributed by atoms with E-state index in [0.717, 1.165) is 6.42 Å². The number of rotatable bonds is 0. The van der Waals surface area contributed by atoms with E-state index in [9.17, 15) is 9.18 Å². The lowest BCUT2D eigenvalue weighted by atomic mass is 9.98. The average Bonchev–Trinajstić information content (AvgIpc) is 2.08. The van der Waals surface area contributed by atoms with Crippen LogP contribution < -0.4 is 0 Å². The monoisotopic (exact) mass is 175 g/mol. The number of hydrogen-bond acceptors (Lipinski definition) is 2. The van der Waals surface area contributed by atoms with Gasteiger partial charge >= 0.3 is 6.09 Å². The molecule has 1 amide bonds. The predicted octanol–water partition coefficient (Wildman–Crippen LogP) is 1.43. The molecule has 1 aliphatic heterocycles. The van der Waals surface area contributed by atoms with Gasteiger partial charge in [0.2, 0.25) is 0 Å². The zero-order chi connectivity index (χ0) is 9.14. The Hall–Kier alpha value is -0.800. The predicted molar refractivity (Wildman–Crippen MR) is 42.7 cm³/mol. The van der Waals surface area contributed by atoms with Gasteiger partial charge in [-0.1, -0.05) is 6.92 Å². The number of carbonyl (C=O) groups excluding carboxylic acids is 1. The fourth-order valence-corrected chi connectivity index (χ4v) is 1.32. The second kappa shape index (κ2) is 3.74. The number of alkyl halides is 1. The number of piperidine rings is 1. The molecule has 0 aromatic rings. The van der Waals surface area contributed by atoms with E-state index in [1.807, 2.05) is 6.92 Å². The number of halogens is 1. The zero-order valence-electron chi connectivity index (χ0n) is 7.42. The van der Waals surface area contributed by atoms with Crippen LogP contribution in [-0.2, 0) is 4.74 Å². The Balaban J connectivity index is 2.45. The minimum Gasteiger partial charge on any atom is -0.453 e. The third kappa shape index (κ3) is 1.87. The summed E-state index contributed by atoms with van der Waals surface area (Å²) in [6, 6.07) is 0. The molecule has 0 aromatic heterocycles. The molecular formula is C8H14FNO2. The van der Waals surface area contributed by atoms with Crippen molar-refractivity contribution in [2.45, 2.75) is 19.5 Å². The standard InChI is InChI=1S/C8H14FNO2/c1-6-3-4-10(5-7(6)9)8(11)12-2/h6-7H,3-5H2,1-2H3/t6?,7-/m0/s1. The summed E-state index contributed by atoms with van der Waals surface area (Å²) >= 11 is 0. The largest absolute Gasteiger partial charge is 0.453 e. The fraction of sp³-hybridized carbons (Fsp3) is 0.875. The highest BCUT2D eigenvalue weighted by Crippen LogP contribution is 2.19. The fourth-order valence-electron chi connectivity index (χ4n) is 1.32. The summed E-state index contributed by atoms with van der Waals surface area (Å²) < 4.78 is 17.6. The third-order valence-electron chi connectivity index (χ3n) is 2.30. The minimum absolute atomic E-state index is 0.0610. The number of methoxy groups -OCH3 is 1. The van der Waals surface area contributed by atoms with Crippen molar-refractivity contribution >= 4 is 6.09 Å². The molecule has 1 heterocycles. The Labute approximate surface area is 71.5 Å². The Bertz CT molecular complexity index is 174. The zero-order valence-corrected chi connectivity index (χ0v) is 7.42. The quantitative estimate of drug-likeness (QED) is 0.557. The van der Waals surface area contributed by atoms with Crippen LogP contribution in [0.5, 0.6) is 0 Å². The molecule has 3 nitrogen and oxygen atoms in total. The maximum Gasteiger partial charge on any atom is 0.409 e. The second-order valence-electron chi connectivity index (χ2n) is 3.20. The van der Waals surface area contributed by atoms with Gasteiger partial charge < -0.3 is 9.64 Å². The van der Waals surface area contributed by atoms with Crippen LogP contribution in [0.2, 0.25) is 0 Å². The molecule has 1 fully saturated rings. The van der Waals surface area contributed by atoms with Gasteiger partial charge in [-0.05, 0) is 12.3 Å². The minimum atomic E-state index is -0.905.